The Labute approximate surface area is 187 Å². The minimum absolute atomic E-state index is 1.02. The predicted molar refractivity (Wildman–Crippen MR) is 135 cm³/mol. The van der Waals surface area contributed by atoms with Crippen LogP contribution in [0.15, 0.2) is 109 Å². The zero-order valence-electron chi connectivity index (χ0n) is 17.4. The monoisotopic (exact) mass is 402 g/mol. The molecule has 0 amide bonds. The molecule has 0 heteroatoms. The molecule has 0 aliphatic carbocycles. The fourth-order valence-electron chi connectivity index (χ4n) is 4.34. The van der Waals surface area contributed by atoms with E-state index in [0.717, 1.165) is 22.3 Å². The van der Waals surface area contributed by atoms with Crippen LogP contribution in [0.3, 0.4) is 0 Å². The molecule has 0 saturated carbocycles. The van der Waals surface area contributed by atoms with Crippen LogP contribution in [0.2, 0.25) is 0 Å². The molecule has 0 N–H and O–H groups in total. The van der Waals surface area contributed by atoms with Crippen LogP contribution in [0, 0.1) is 23.7 Å². The zero-order valence-corrected chi connectivity index (χ0v) is 17.4. The zero-order chi connectivity index (χ0) is 21.3. The molecule has 146 valence electrons. The van der Waals surface area contributed by atoms with Gasteiger partial charge in [-0.15, -0.1) is 0 Å². The van der Waals surface area contributed by atoms with Gasteiger partial charge in [-0.25, -0.2) is 0 Å². The molecular weight excluding hydrogens is 384 g/mol. The van der Waals surface area contributed by atoms with Gasteiger partial charge < -0.3 is 0 Å². The summed E-state index contributed by atoms with van der Waals surface area (Å²) in [6.45, 7) is 0. The normalized spacial score (nSPS) is 10.6. The minimum atomic E-state index is 1.02. The Balaban J connectivity index is 1.57. The summed E-state index contributed by atoms with van der Waals surface area (Å²) in [5.74, 6) is 13.4. The topological polar surface area (TPSA) is 0 Å². The van der Waals surface area contributed by atoms with E-state index in [1.54, 1.807) is 0 Å². The van der Waals surface area contributed by atoms with Crippen molar-refractivity contribution in [2.75, 3.05) is 0 Å². The van der Waals surface area contributed by atoms with Crippen LogP contribution in [-0.4, -0.2) is 0 Å². The Morgan fingerprint density at radius 2 is 0.750 bits per heavy atom. The van der Waals surface area contributed by atoms with Crippen LogP contribution in [0.5, 0.6) is 0 Å². The van der Waals surface area contributed by atoms with Crippen molar-refractivity contribution in [3.63, 3.8) is 0 Å². The molecule has 32 heavy (non-hydrogen) atoms. The molecule has 0 atom stereocenters. The van der Waals surface area contributed by atoms with Crippen molar-refractivity contribution in [3.8, 4) is 23.7 Å². The molecule has 6 aromatic carbocycles. The molecule has 0 spiro atoms. The lowest BCUT2D eigenvalue weighted by atomic mass is 9.90. The molecule has 0 fully saturated rings. The van der Waals surface area contributed by atoms with Crippen molar-refractivity contribution in [2.24, 2.45) is 0 Å². The van der Waals surface area contributed by atoms with Crippen molar-refractivity contribution in [1.29, 1.82) is 0 Å². The van der Waals surface area contributed by atoms with E-state index in [-0.39, 0.29) is 0 Å². The average molecular weight is 402 g/mol. The lowest BCUT2D eigenvalue weighted by Gasteiger charge is -2.13. The molecule has 0 saturated heterocycles. The highest BCUT2D eigenvalue weighted by molar-refractivity contribution is 6.24. The predicted octanol–water partition coefficient (Wildman–Crippen LogP) is 7.38. The largest absolute Gasteiger partial charge is 0.0622 e. The second-order valence-corrected chi connectivity index (χ2v) is 7.88. The van der Waals surface area contributed by atoms with Gasteiger partial charge in [-0.1, -0.05) is 96.5 Å². The summed E-state index contributed by atoms with van der Waals surface area (Å²) in [6, 6.07) is 37.7. The second kappa shape index (κ2) is 7.63. The second-order valence-electron chi connectivity index (χ2n) is 7.88. The maximum Gasteiger partial charge on any atom is 0.0328 e. The van der Waals surface area contributed by atoms with Crippen molar-refractivity contribution in [2.45, 2.75) is 0 Å². The molecule has 0 unspecified atom stereocenters. The Hall–Kier alpha value is -4.52. The molecule has 0 aromatic heterocycles. The quantitative estimate of drug-likeness (QED) is 0.184. The van der Waals surface area contributed by atoms with E-state index < -0.39 is 0 Å². The number of benzene rings is 6. The lowest BCUT2D eigenvalue weighted by Crippen LogP contribution is -1.89. The van der Waals surface area contributed by atoms with Gasteiger partial charge in [0.1, 0.15) is 0 Å². The van der Waals surface area contributed by atoms with E-state index in [1.807, 2.05) is 60.7 Å². The maximum absolute atomic E-state index is 3.40. The Bertz CT molecular complexity index is 1570. The first-order valence-electron chi connectivity index (χ1n) is 10.7. The minimum Gasteiger partial charge on any atom is -0.0622 e. The number of hydrogen-bond donors (Lipinski definition) is 0. The van der Waals surface area contributed by atoms with E-state index in [0.29, 0.717) is 0 Å². The van der Waals surface area contributed by atoms with E-state index in [2.05, 4.69) is 72.2 Å². The average Bonchev–Trinajstić information content (AvgIpc) is 2.86. The molecular formula is C32H18. The molecule has 0 aliphatic rings. The van der Waals surface area contributed by atoms with Gasteiger partial charge >= 0.3 is 0 Å². The fraction of sp³-hybridized carbons (Fsp3) is 0. The Morgan fingerprint density at radius 3 is 1.19 bits per heavy atom. The van der Waals surface area contributed by atoms with Crippen LogP contribution in [-0.2, 0) is 0 Å². The van der Waals surface area contributed by atoms with Gasteiger partial charge in [0.25, 0.3) is 0 Å². The summed E-state index contributed by atoms with van der Waals surface area (Å²) in [5, 5.41) is 7.38. The molecule has 0 heterocycles. The van der Waals surface area contributed by atoms with Gasteiger partial charge in [0, 0.05) is 22.3 Å². The summed E-state index contributed by atoms with van der Waals surface area (Å²) >= 11 is 0. The first-order chi connectivity index (χ1) is 15.9. The van der Waals surface area contributed by atoms with Crippen LogP contribution in [0.25, 0.3) is 32.3 Å². The summed E-state index contributed by atoms with van der Waals surface area (Å²) in [7, 11) is 0. The summed E-state index contributed by atoms with van der Waals surface area (Å²) < 4.78 is 0. The van der Waals surface area contributed by atoms with Crippen molar-refractivity contribution in [1.82, 2.24) is 0 Å². The summed E-state index contributed by atoms with van der Waals surface area (Å²) in [4.78, 5) is 0. The molecule has 0 nitrogen and oxygen atoms in total. The van der Waals surface area contributed by atoms with Gasteiger partial charge in [0.15, 0.2) is 0 Å². The Kier molecular flexibility index (Phi) is 4.35. The smallest absolute Gasteiger partial charge is 0.0328 e. The first-order valence-corrected chi connectivity index (χ1v) is 10.7. The van der Waals surface area contributed by atoms with Crippen molar-refractivity contribution < 1.29 is 0 Å². The van der Waals surface area contributed by atoms with Gasteiger partial charge in [0.05, 0.1) is 0 Å². The molecule has 0 radical (unpaired) electrons. The summed E-state index contributed by atoms with van der Waals surface area (Å²) in [5.41, 5.74) is 4.15. The van der Waals surface area contributed by atoms with Gasteiger partial charge in [0.2, 0.25) is 0 Å². The number of rotatable bonds is 0. The standard InChI is InChI=1S/C32H18/c1-3-7-23(8-4-1)11-13-25-15-17-27-19-20-28-18-16-26(14-12-24-9-5-2-6-10-24)30-22-21-29(25)31(27)32(28)30/h1-10,15-22H. The fourth-order valence-corrected chi connectivity index (χ4v) is 4.34. The lowest BCUT2D eigenvalue weighted by molar-refractivity contribution is 1.64. The molecule has 6 aromatic rings. The first kappa shape index (κ1) is 18.3. The highest BCUT2D eigenvalue weighted by Crippen LogP contribution is 2.37. The SMILES string of the molecule is C(#Cc1ccc2ccc3ccc(C#Cc4ccccc4)c4ccc1c2c34)c1ccccc1. The van der Waals surface area contributed by atoms with Gasteiger partial charge in [-0.3, -0.25) is 0 Å². The van der Waals surface area contributed by atoms with Crippen LogP contribution in [0.1, 0.15) is 22.3 Å². The highest BCUT2D eigenvalue weighted by Gasteiger charge is 2.12. The third kappa shape index (κ3) is 3.16. The van der Waals surface area contributed by atoms with Crippen molar-refractivity contribution in [3.05, 3.63) is 131 Å². The molecule has 0 bridgehead atoms. The van der Waals surface area contributed by atoms with Crippen LogP contribution in [0.4, 0.5) is 0 Å². The maximum atomic E-state index is 3.40. The Morgan fingerprint density at radius 1 is 0.344 bits per heavy atom. The van der Waals surface area contributed by atoms with Crippen LogP contribution < -0.4 is 0 Å². The van der Waals surface area contributed by atoms with E-state index in [1.165, 1.54) is 32.3 Å². The van der Waals surface area contributed by atoms with E-state index in [4.69, 9.17) is 0 Å². The van der Waals surface area contributed by atoms with Gasteiger partial charge in [-0.2, -0.15) is 0 Å². The summed E-state index contributed by atoms with van der Waals surface area (Å²) in [6.07, 6.45) is 0. The molecule has 6 rings (SSSR count). The van der Waals surface area contributed by atoms with Gasteiger partial charge in [-0.05, 0) is 68.7 Å². The molecule has 0 aliphatic heterocycles. The number of hydrogen-bond acceptors (Lipinski definition) is 0. The third-order valence-electron chi connectivity index (χ3n) is 5.90. The van der Waals surface area contributed by atoms with Crippen LogP contribution >= 0.6 is 0 Å². The van der Waals surface area contributed by atoms with E-state index in [9.17, 15) is 0 Å². The third-order valence-corrected chi connectivity index (χ3v) is 5.90. The van der Waals surface area contributed by atoms with Crippen molar-refractivity contribution >= 4 is 32.3 Å². The highest BCUT2D eigenvalue weighted by atomic mass is 14.1. The van der Waals surface area contributed by atoms with E-state index >= 15 is 0 Å².